The van der Waals surface area contributed by atoms with Crippen LogP contribution in [0, 0.1) is 15.9 Å². The van der Waals surface area contributed by atoms with Crippen molar-refractivity contribution in [2.75, 3.05) is 0 Å². The fraction of sp³-hybridized carbons (Fsp3) is 0.0667. The lowest BCUT2D eigenvalue weighted by Gasteiger charge is -2.04. The van der Waals surface area contributed by atoms with Gasteiger partial charge in [0, 0.05) is 11.6 Å². The molecule has 0 unspecified atom stereocenters. The molecule has 0 bridgehead atoms. The summed E-state index contributed by atoms with van der Waals surface area (Å²) in [6.07, 6.45) is 0. The monoisotopic (exact) mass is 335 g/mol. The Kier molecular flexibility index (Phi) is 5.02. The minimum atomic E-state index is -0.717. The first-order chi connectivity index (χ1) is 10.9. The third kappa shape index (κ3) is 3.89. The molecule has 0 heterocycles. The number of hydrazone groups is 1. The fourth-order valence-electron chi connectivity index (χ4n) is 1.78. The third-order valence-corrected chi connectivity index (χ3v) is 3.32. The summed E-state index contributed by atoms with van der Waals surface area (Å²) in [5.74, 6) is -1.38. The molecule has 23 heavy (non-hydrogen) atoms. The number of nitrogens with zero attached hydrogens (tertiary/aromatic N) is 2. The summed E-state index contributed by atoms with van der Waals surface area (Å²) in [4.78, 5) is 22.1. The van der Waals surface area contributed by atoms with E-state index < -0.39 is 16.6 Å². The number of nitro benzene ring substituents is 1. The Hall–Kier alpha value is -2.80. The number of nitro groups is 1. The fourth-order valence-corrected chi connectivity index (χ4v) is 1.97. The zero-order chi connectivity index (χ0) is 17.0. The topological polar surface area (TPSA) is 84.6 Å². The Balaban J connectivity index is 2.21. The van der Waals surface area contributed by atoms with Crippen molar-refractivity contribution in [3.8, 4) is 0 Å². The minimum absolute atomic E-state index is 0.00180. The molecule has 0 aliphatic carbocycles. The summed E-state index contributed by atoms with van der Waals surface area (Å²) < 4.78 is 13.5. The normalized spacial score (nSPS) is 11.2. The van der Waals surface area contributed by atoms with Gasteiger partial charge in [0.2, 0.25) is 0 Å². The molecule has 0 atom stereocenters. The predicted molar refractivity (Wildman–Crippen MR) is 84.2 cm³/mol. The molecule has 1 N–H and O–H groups in total. The molecule has 118 valence electrons. The van der Waals surface area contributed by atoms with Crippen molar-refractivity contribution >= 4 is 28.9 Å². The number of carbonyl (C=O) groups is 1. The average molecular weight is 336 g/mol. The van der Waals surface area contributed by atoms with Crippen LogP contribution in [0.5, 0.6) is 0 Å². The Morgan fingerprint density at radius 3 is 2.65 bits per heavy atom. The number of hydrogen-bond donors (Lipinski definition) is 1. The molecule has 0 saturated carbocycles. The Morgan fingerprint density at radius 1 is 1.30 bits per heavy atom. The van der Waals surface area contributed by atoms with Gasteiger partial charge in [-0.25, -0.2) is 9.82 Å². The minimum Gasteiger partial charge on any atom is -0.267 e. The zero-order valence-electron chi connectivity index (χ0n) is 11.9. The van der Waals surface area contributed by atoms with Crippen molar-refractivity contribution in [2.45, 2.75) is 6.92 Å². The second kappa shape index (κ2) is 6.97. The highest BCUT2D eigenvalue weighted by atomic mass is 35.5. The molecule has 2 aromatic carbocycles. The van der Waals surface area contributed by atoms with E-state index in [-0.39, 0.29) is 16.3 Å². The van der Waals surface area contributed by atoms with Gasteiger partial charge in [0.05, 0.1) is 16.2 Å². The molecule has 0 radical (unpaired) electrons. The maximum absolute atomic E-state index is 13.5. The lowest BCUT2D eigenvalue weighted by molar-refractivity contribution is -0.384. The van der Waals surface area contributed by atoms with Crippen molar-refractivity contribution in [3.63, 3.8) is 0 Å². The van der Waals surface area contributed by atoms with Gasteiger partial charge in [0.25, 0.3) is 11.6 Å². The van der Waals surface area contributed by atoms with E-state index in [1.54, 1.807) is 6.92 Å². The first-order valence-electron chi connectivity index (χ1n) is 6.43. The molecular weight excluding hydrogens is 325 g/mol. The zero-order valence-corrected chi connectivity index (χ0v) is 12.7. The van der Waals surface area contributed by atoms with E-state index in [0.717, 1.165) is 6.07 Å². The van der Waals surface area contributed by atoms with Crippen LogP contribution in [0.15, 0.2) is 47.6 Å². The molecule has 0 aromatic heterocycles. The molecular formula is C15H11ClFN3O3. The second-order valence-corrected chi connectivity index (χ2v) is 4.95. The van der Waals surface area contributed by atoms with Crippen molar-refractivity contribution in [1.29, 1.82) is 0 Å². The Bertz CT molecular complexity index is 808. The second-order valence-electron chi connectivity index (χ2n) is 4.54. The van der Waals surface area contributed by atoms with Crippen LogP contribution < -0.4 is 5.43 Å². The molecule has 0 saturated heterocycles. The summed E-state index contributed by atoms with van der Waals surface area (Å²) in [6, 6.07) is 9.62. The van der Waals surface area contributed by atoms with Gasteiger partial charge in [-0.3, -0.25) is 14.9 Å². The summed E-state index contributed by atoms with van der Waals surface area (Å²) in [5, 5.41) is 14.7. The van der Waals surface area contributed by atoms with Crippen LogP contribution in [-0.2, 0) is 0 Å². The molecule has 0 aliphatic heterocycles. The number of halogens is 2. The lowest BCUT2D eigenvalue weighted by Crippen LogP contribution is -2.20. The van der Waals surface area contributed by atoms with Crippen molar-refractivity contribution in [3.05, 3.63) is 74.5 Å². The quantitative estimate of drug-likeness (QED) is 0.527. The summed E-state index contributed by atoms with van der Waals surface area (Å²) in [7, 11) is 0. The van der Waals surface area contributed by atoms with Crippen molar-refractivity contribution in [2.24, 2.45) is 5.10 Å². The first kappa shape index (κ1) is 16.6. The van der Waals surface area contributed by atoms with E-state index in [2.05, 4.69) is 10.5 Å². The average Bonchev–Trinajstić information content (AvgIpc) is 2.52. The Morgan fingerprint density at radius 2 is 2.00 bits per heavy atom. The lowest BCUT2D eigenvalue weighted by atomic mass is 10.1. The van der Waals surface area contributed by atoms with Gasteiger partial charge in [-0.15, -0.1) is 0 Å². The van der Waals surface area contributed by atoms with Crippen LogP contribution in [0.2, 0.25) is 5.02 Å². The van der Waals surface area contributed by atoms with Crippen LogP contribution in [0.25, 0.3) is 0 Å². The van der Waals surface area contributed by atoms with E-state index in [1.807, 2.05) is 0 Å². The molecule has 1 amide bonds. The molecule has 8 heteroatoms. The van der Waals surface area contributed by atoms with Crippen LogP contribution >= 0.6 is 11.6 Å². The largest absolute Gasteiger partial charge is 0.288 e. The van der Waals surface area contributed by atoms with Crippen molar-refractivity contribution < 1.29 is 14.1 Å². The number of amides is 1. The predicted octanol–water partition coefficient (Wildman–Crippen LogP) is 3.54. The van der Waals surface area contributed by atoms with E-state index >= 15 is 0 Å². The van der Waals surface area contributed by atoms with Gasteiger partial charge in [-0.1, -0.05) is 29.8 Å². The summed E-state index contributed by atoms with van der Waals surface area (Å²) >= 11 is 5.73. The van der Waals surface area contributed by atoms with Gasteiger partial charge in [0.15, 0.2) is 0 Å². The molecule has 0 fully saturated rings. The maximum atomic E-state index is 13.5. The Labute approximate surface area is 135 Å². The van der Waals surface area contributed by atoms with Crippen LogP contribution in [-0.4, -0.2) is 16.5 Å². The number of carbonyl (C=O) groups excluding carboxylic acids is 1. The van der Waals surface area contributed by atoms with Gasteiger partial charge in [-0.05, 0) is 25.1 Å². The maximum Gasteiger partial charge on any atom is 0.288 e. The van der Waals surface area contributed by atoms with E-state index in [9.17, 15) is 19.3 Å². The van der Waals surface area contributed by atoms with Crippen LogP contribution in [0.3, 0.4) is 0 Å². The van der Waals surface area contributed by atoms with Gasteiger partial charge in [0.1, 0.15) is 10.8 Å². The smallest absolute Gasteiger partial charge is 0.267 e. The SMILES string of the molecule is C/C(=N/NC(=O)c1ccccc1F)c1ccc(Cl)c([N+](=O)[O-])c1. The number of rotatable bonds is 4. The highest BCUT2D eigenvalue weighted by Crippen LogP contribution is 2.25. The van der Waals surface area contributed by atoms with E-state index in [4.69, 9.17) is 11.6 Å². The van der Waals surface area contributed by atoms with Gasteiger partial charge >= 0.3 is 0 Å². The summed E-state index contributed by atoms with van der Waals surface area (Å²) in [6.45, 7) is 1.55. The molecule has 0 aliphatic rings. The third-order valence-electron chi connectivity index (χ3n) is 3.00. The molecule has 0 spiro atoms. The number of nitrogens with one attached hydrogen (secondary N) is 1. The first-order valence-corrected chi connectivity index (χ1v) is 6.81. The highest BCUT2D eigenvalue weighted by molar-refractivity contribution is 6.32. The molecule has 2 aromatic rings. The summed E-state index contributed by atoms with van der Waals surface area (Å²) in [5.41, 5.74) is 2.52. The van der Waals surface area contributed by atoms with Gasteiger partial charge in [-0.2, -0.15) is 5.10 Å². The number of hydrogen-bond acceptors (Lipinski definition) is 4. The standard InChI is InChI=1S/C15H11ClFN3O3/c1-9(10-6-7-12(16)14(8-10)20(22)23)18-19-15(21)11-4-2-3-5-13(11)17/h2-8H,1H3,(H,19,21)/b18-9-. The van der Waals surface area contributed by atoms with Crippen LogP contribution in [0.1, 0.15) is 22.8 Å². The molecule has 2 rings (SSSR count). The molecule has 6 nitrogen and oxygen atoms in total. The van der Waals surface area contributed by atoms with Gasteiger partial charge < -0.3 is 0 Å². The van der Waals surface area contributed by atoms with E-state index in [1.165, 1.54) is 36.4 Å². The van der Waals surface area contributed by atoms with Crippen molar-refractivity contribution in [1.82, 2.24) is 5.43 Å². The van der Waals surface area contributed by atoms with E-state index in [0.29, 0.717) is 11.3 Å². The number of benzene rings is 2. The highest BCUT2D eigenvalue weighted by Gasteiger charge is 2.14. The van der Waals surface area contributed by atoms with Crippen LogP contribution in [0.4, 0.5) is 10.1 Å².